The first kappa shape index (κ1) is 18.2. The van der Waals surface area contributed by atoms with Crippen LogP contribution in [0, 0.1) is 5.92 Å². The number of ether oxygens (including phenoxy) is 1. The van der Waals surface area contributed by atoms with E-state index in [-0.39, 0.29) is 11.9 Å². The molecule has 0 aromatic heterocycles. The number of amides is 1. The van der Waals surface area contributed by atoms with Gasteiger partial charge in [-0.3, -0.25) is 9.10 Å². The lowest BCUT2D eigenvalue weighted by Crippen LogP contribution is -2.34. The van der Waals surface area contributed by atoms with Gasteiger partial charge in [-0.25, -0.2) is 8.42 Å². The number of rotatable bonds is 8. The van der Waals surface area contributed by atoms with E-state index in [1.54, 1.807) is 18.2 Å². The summed E-state index contributed by atoms with van der Waals surface area (Å²) in [4.78, 5) is 12.3. The van der Waals surface area contributed by atoms with E-state index in [2.05, 4.69) is 5.32 Å². The summed E-state index contributed by atoms with van der Waals surface area (Å²) in [7, 11) is -3.30. The number of nitrogens with one attached hydrogen (secondary N) is 1. The molecular weight excluding hydrogens is 340 g/mol. The van der Waals surface area contributed by atoms with E-state index >= 15 is 0 Å². The molecule has 1 N–H and O–H groups in total. The van der Waals surface area contributed by atoms with Crippen LogP contribution in [-0.4, -0.2) is 46.4 Å². The molecule has 1 heterocycles. The molecule has 7 heteroatoms. The van der Waals surface area contributed by atoms with Crippen molar-refractivity contribution in [2.45, 2.75) is 38.6 Å². The third-order valence-electron chi connectivity index (χ3n) is 4.65. The largest absolute Gasteiger partial charge is 0.381 e. The zero-order chi connectivity index (χ0) is 18.0. The van der Waals surface area contributed by atoms with Crippen LogP contribution in [0.4, 0.5) is 5.69 Å². The van der Waals surface area contributed by atoms with E-state index < -0.39 is 10.0 Å². The summed E-state index contributed by atoms with van der Waals surface area (Å²) in [6.45, 7) is 3.96. The van der Waals surface area contributed by atoms with Crippen molar-refractivity contribution in [1.82, 2.24) is 5.32 Å². The summed E-state index contributed by atoms with van der Waals surface area (Å²) in [5.41, 5.74) is 2.15. The summed E-state index contributed by atoms with van der Waals surface area (Å²) in [6, 6.07) is 5.10. The summed E-state index contributed by atoms with van der Waals surface area (Å²) >= 11 is 0. The van der Waals surface area contributed by atoms with Crippen molar-refractivity contribution in [3.05, 3.63) is 29.3 Å². The maximum atomic E-state index is 12.3. The molecule has 3 rings (SSSR count). The van der Waals surface area contributed by atoms with Gasteiger partial charge in [0.05, 0.1) is 11.9 Å². The Morgan fingerprint density at radius 1 is 1.36 bits per heavy atom. The zero-order valence-electron chi connectivity index (χ0n) is 14.8. The van der Waals surface area contributed by atoms with Crippen LogP contribution in [0.15, 0.2) is 18.2 Å². The van der Waals surface area contributed by atoms with E-state index in [1.807, 2.05) is 6.92 Å². The van der Waals surface area contributed by atoms with E-state index in [0.717, 1.165) is 24.5 Å². The third kappa shape index (κ3) is 4.52. The van der Waals surface area contributed by atoms with Crippen molar-refractivity contribution in [3.8, 4) is 0 Å². The molecule has 1 aliphatic heterocycles. The molecule has 0 saturated heterocycles. The average Bonchev–Trinajstić information content (AvgIpc) is 3.28. The molecular formula is C18H26N2O4S. The molecule has 2 aliphatic rings. The number of nitrogens with zero attached hydrogens (tertiary/aromatic N) is 1. The fraction of sp³-hybridized carbons (Fsp3) is 0.611. The van der Waals surface area contributed by atoms with Crippen molar-refractivity contribution < 1.29 is 17.9 Å². The predicted molar refractivity (Wildman–Crippen MR) is 97.4 cm³/mol. The van der Waals surface area contributed by atoms with Crippen molar-refractivity contribution in [2.75, 3.05) is 30.3 Å². The van der Waals surface area contributed by atoms with E-state index in [1.165, 1.54) is 23.4 Å². The lowest BCUT2D eigenvalue weighted by atomic mass is 10.1. The van der Waals surface area contributed by atoms with Crippen LogP contribution >= 0.6 is 0 Å². The number of sulfonamides is 1. The Bertz CT molecular complexity index is 743. The predicted octanol–water partition coefficient (Wildman–Crippen LogP) is 1.94. The Hall–Kier alpha value is -1.60. The van der Waals surface area contributed by atoms with Gasteiger partial charge in [0.1, 0.15) is 0 Å². The second-order valence-electron chi connectivity index (χ2n) is 7.08. The fourth-order valence-electron chi connectivity index (χ4n) is 3.26. The Morgan fingerprint density at radius 3 is 2.80 bits per heavy atom. The van der Waals surface area contributed by atoms with E-state index in [0.29, 0.717) is 30.8 Å². The maximum absolute atomic E-state index is 12.3. The third-order valence-corrected chi connectivity index (χ3v) is 5.92. The van der Waals surface area contributed by atoms with Crippen LogP contribution in [0.2, 0.25) is 0 Å². The molecule has 1 aromatic carbocycles. The molecule has 25 heavy (non-hydrogen) atoms. The van der Waals surface area contributed by atoms with E-state index in [9.17, 15) is 13.2 Å². The Morgan fingerprint density at radius 2 is 2.12 bits per heavy atom. The minimum Gasteiger partial charge on any atom is -0.381 e. The monoisotopic (exact) mass is 366 g/mol. The van der Waals surface area contributed by atoms with Gasteiger partial charge in [0.25, 0.3) is 5.91 Å². The highest BCUT2D eigenvalue weighted by Gasteiger charge is 2.32. The molecule has 1 unspecified atom stereocenters. The molecule has 0 spiro atoms. The Balaban J connectivity index is 1.53. The first-order chi connectivity index (χ1) is 11.9. The molecule has 0 radical (unpaired) electrons. The van der Waals surface area contributed by atoms with Gasteiger partial charge < -0.3 is 10.1 Å². The number of hydrogen-bond donors (Lipinski definition) is 1. The zero-order valence-corrected chi connectivity index (χ0v) is 15.6. The summed E-state index contributed by atoms with van der Waals surface area (Å²) in [5, 5.41) is 2.90. The molecule has 1 aliphatic carbocycles. The quantitative estimate of drug-likeness (QED) is 0.714. The standard InChI is InChI=1S/C18H26N2O4S/c1-13-10-16-11-15(6-7-17(16)20(13)25(2,22)23)18(21)19-8-3-9-24-12-14-4-5-14/h6-7,11,13-14H,3-5,8-10,12H2,1-2H3,(H,19,21). The molecule has 6 nitrogen and oxygen atoms in total. The minimum atomic E-state index is -3.30. The highest BCUT2D eigenvalue weighted by Crippen LogP contribution is 2.34. The lowest BCUT2D eigenvalue weighted by molar-refractivity contribution is 0.0937. The molecule has 1 saturated carbocycles. The van der Waals surface area contributed by atoms with Crippen LogP contribution in [0.3, 0.4) is 0 Å². The van der Waals surface area contributed by atoms with Gasteiger partial charge in [0.15, 0.2) is 0 Å². The van der Waals surface area contributed by atoms with Crippen molar-refractivity contribution in [1.29, 1.82) is 0 Å². The number of benzene rings is 1. The topological polar surface area (TPSA) is 75.7 Å². The van der Waals surface area contributed by atoms with Crippen LogP contribution in [-0.2, 0) is 21.2 Å². The molecule has 1 fully saturated rings. The second kappa shape index (κ2) is 7.33. The highest BCUT2D eigenvalue weighted by molar-refractivity contribution is 7.92. The fourth-order valence-corrected chi connectivity index (χ4v) is 4.53. The van der Waals surface area contributed by atoms with Gasteiger partial charge >= 0.3 is 0 Å². The number of hydrogen-bond acceptors (Lipinski definition) is 4. The Kier molecular flexibility index (Phi) is 5.34. The van der Waals surface area contributed by atoms with Crippen LogP contribution < -0.4 is 9.62 Å². The summed E-state index contributed by atoms with van der Waals surface area (Å²) in [5.74, 6) is 0.630. The molecule has 138 valence electrons. The first-order valence-corrected chi connectivity index (χ1v) is 10.7. The maximum Gasteiger partial charge on any atom is 0.251 e. The smallest absolute Gasteiger partial charge is 0.251 e. The van der Waals surface area contributed by atoms with Gasteiger partial charge in [0.2, 0.25) is 10.0 Å². The van der Waals surface area contributed by atoms with Gasteiger partial charge in [-0.2, -0.15) is 0 Å². The molecule has 1 aromatic rings. The van der Waals surface area contributed by atoms with Crippen LogP contribution in [0.25, 0.3) is 0 Å². The minimum absolute atomic E-state index is 0.119. The normalized spacial score (nSPS) is 19.8. The number of carbonyl (C=O) groups excluding carboxylic acids is 1. The second-order valence-corrected chi connectivity index (χ2v) is 8.94. The number of anilines is 1. The van der Waals surface area contributed by atoms with Gasteiger partial charge in [-0.05, 0) is 62.3 Å². The molecule has 1 atom stereocenters. The molecule has 0 bridgehead atoms. The average molecular weight is 366 g/mol. The van der Waals surface area contributed by atoms with Gasteiger partial charge in [0, 0.05) is 31.4 Å². The van der Waals surface area contributed by atoms with Crippen LogP contribution in [0.5, 0.6) is 0 Å². The lowest BCUT2D eigenvalue weighted by Gasteiger charge is -2.21. The highest BCUT2D eigenvalue weighted by atomic mass is 32.2. The van der Waals surface area contributed by atoms with Gasteiger partial charge in [-0.15, -0.1) is 0 Å². The number of fused-ring (bicyclic) bond motifs is 1. The van der Waals surface area contributed by atoms with Crippen molar-refractivity contribution in [2.24, 2.45) is 5.92 Å². The SMILES string of the molecule is CC1Cc2cc(C(=O)NCCCOCC3CC3)ccc2N1S(C)(=O)=O. The van der Waals surface area contributed by atoms with Crippen LogP contribution in [0.1, 0.15) is 42.1 Å². The summed E-state index contributed by atoms with van der Waals surface area (Å²) in [6.07, 6.45) is 5.19. The van der Waals surface area contributed by atoms with Crippen molar-refractivity contribution in [3.63, 3.8) is 0 Å². The van der Waals surface area contributed by atoms with Crippen molar-refractivity contribution >= 4 is 21.6 Å². The Labute approximate surface area is 149 Å². The number of carbonyl (C=O) groups is 1. The van der Waals surface area contributed by atoms with Gasteiger partial charge in [-0.1, -0.05) is 0 Å². The first-order valence-electron chi connectivity index (χ1n) is 8.84. The summed E-state index contributed by atoms with van der Waals surface area (Å²) < 4.78 is 30.8. The van der Waals surface area contributed by atoms with E-state index in [4.69, 9.17) is 4.74 Å². The molecule has 1 amide bonds.